The van der Waals surface area contributed by atoms with Gasteiger partial charge in [-0.15, -0.1) is 11.3 Å². The molecule has 6 nitrogen and oxygen atoms in total. The van der Waals surface area contributed by atoms with Crippen LogP contribution in [0.15, 0.2) is 30.3 Å². The Kier molecular flexibility index (Phi) is 5.94. The van der Waals surface area contributed by atoms with E-state index in [-0.39, 0.29) is 12.4 Å². The molecule has 7 heteroatoms. The van der Waals surface area contributed by atoms with Crippen LogP contribution in [0.5, 0.6) is 0 Å². The van der Waals surface area contributed by atoms with Gasteiger partial charge in [-0.1, -0.05) is 19.1 Å². The van der Waals surface area contributed by atoms with Crippen molar-refractivity contribution in [3.8, 4) is 10.7 Å². The first-order valence-electron chi connectivity index (χ1n) is 9.07. The van der Waals surface area contributed by atoms with E-state index in [9.17, 15) is 4.79 Å². The number of aromatic nitrogens is 2. The molecular weight excluding hydrogens is 372 g/mol. The van der Waals surface area contributed by atoms with E-state index in [1.54, 1.807) is 0 Å². The van der Waals surface area contributed by atoms with Gasteiger partial charge in [-0.25, -0.2) is 9.97 Å². The van der Waals surface area contributed by atoms with Gasteiger partial charge in [0, 0.05) is 16.9 Å². The summed E-state index contributed by atoms with van der Waals surface area (Å²) in [4.78, 5) is 21.8. The zero-order valence-electron chi connectivity index (χ0n) is 16.5. The Morgan fingerprint density at radius 3 is 2.50 bits per heavy atom. The second-order valence-electron chi connectivity index (χ2n) is 6.55. The number of aryl methyl sites for hydroxylation is 2. The molecule has 0 spiro atoms. The van der Waals surface area contributed by atoms with Gasteiger partial charge in [0.1, 0.15) is 5.82 Å². The van der Waals surface area contributed by atoms with Crippen molar-refractivity contribution in [2.24, 2.45) is 0 Å². The maximum Gasteiger partial charge on any atom is 0.309 e. The number of esters is 1. The summed E-state index contributed by atoms with van der Waals surface area (Å²) in [6.07, 6.45) is 1.08. The van der Waals surface area contributed by atoms with Crippen LogP contribution >= 0.6 is 11.3 Å². The Bertz CT molecular complexity index is 977. The average Bonchev–Trinajstić information content (AvgIpc) is 3.01. The molecule has 3 rings (SSSR count). The van der Waals surface area contributed by atoms with E-state index in [4.69, 9.17) is 15.5 Å². The Morgan fingerprint density at radius 1 is 1.21 bits per heavy atom. The van der Waals surface area contributed by atoms with Crippen molar-refractivity contribution in [3.63, 3.8) is 0 Å². The molecule has 28 heavy (non-hydrogen) atoms. The van der Waals surface area contributed by atoms with Crippen LogP contribution in [0.3, 0.4) is 0 Å². The number of hydrogen-bond donors (Lipinski definition) is 2. The number of carbonyl (C=O) groups is 1. The molecule has 0 aliphatic rings. The molecule has 0 aliphatic carbocycles. The van der Waals surface area contributed by atoms with E-state index in [0.29, 0.717) is 5.82 Å². The standard InChI is InChI=1S/C21H24N4O2S/c1-5-16-13(3)23-21(17-10-12(2)19(22)28-17)25-20(16)24-15-8-6-14(7-9-15)11-18(26)27-4/h6-10H,5,11,22H2,1-4H3,(H,23,24,25). The van der Waals surface area contributed by atoms with Gasteiger partial charge in [-0.2, -0.15) is 0 Å². The number of anilines is 3. The molecular formula is C21H24N4O2S. The van der Waals surface area contributed by atoms with E-state index in [1.807, 2.05) is 44.2 Å². The van der Waals surface area contributed by atoms with E-state index >= 15 is 0 Å². The molecule has 1 aromatic carbocycles. The van der Waals surface area contributed by atoms with E-state index < -0.39 is 0 Å². The lowest BCUT2D eigenvalue weighted by atomic mass is 10.1. The third-order valence-electron chi connectivity index (χ3n) is 4.54. The van der Waals surface area contributed by atoms with Gasteiger partial charge >= 0.3 is 5.97 Å². The van der Waals surface area contributed by atoms with Crippen LogP contribution < -0.4 is 11.1 Å². The smallest absolute Gasteiger partial charge is 0.309 e. The van der Waals surface area contributed by atoms with Crippen LogP contribution in [-0.4, -0.2) is 23.0 Å². The van der Waals surface area contributed by atoms with Gasteiger partial charge in [0.15, 0.2) is 5.82 Å². The molecule has 0 saturated carbocycles. The molecule has 0 bridgehead atoms. The number of hydrogen-bond acceptors (Lipinski definition) is 7. The Labute approximate surface area is 168 Å². The first kappa shape index (κ1) is 19.8. The molecule has 3 aromatic rings. The molecule has 0 fully saturated rings. The minimum Gasteiger partial charge on any atom is -0.469 e. The molecule has 0 radical (unpaired) electrons. The number of nitrogen functional groups attached to an aromatic ring is 1. The monoisotopic (exact) mass is 396 g/mol. The number of carbonyl (C=O) groups excluding carboxylic acids is 1. The van der Waals surface area contributed by atoms with Crippen LogP contribution in [0.2, 0.25) is 0 Å². The second-order valence-corrected chi connectivity index (χ2v) is 7.63. The van der Waals surface area contributed by atoms with Crippen molar-refractivity contribution in [3.05, 3.63) is 52.7 Å². The first-order chi connectivity index (χ1) is 13.4. The van der Waals surface area contributed by atoms with Crippen molar-refractivity contribution in [2.75, 3.05) is 18.2 Å². The molecule has 0 aliphatic heterocycles. The molecule has 2 aromatic heterocycles. The Balaban J connectivity index is 1.91. The van der Waals surface area contributed by atoms with E-state index in [1.165, 1.54) is 18.4 Å². The lowest BCUT2D eigenvalue weighted by Gasteiger charge is -2.14. The SMILES string of the molecule is CCc1c(C)nc(-c2cc(C)c(N)s2)nc1Nc1ccc(CC(=O)OC)cc1. The molecule has 146 valence electrons. The second kappa shape index (κ2) is 8.39. The fraction of sp³-hybridized carbons (Fsp3) is 0.286. The summed E-state index contributed by atoms with van der Waals surface area (Å²) in [6.45, 7) is 6.07. The number of benzene rings is 1. The molecule has 0 atom stereocenters. The summed E-state index contributed by atoms with van der Waals surface area (Å²) in [7, 11) is 1.39. The van der Waals surface area contributed by atoms with E-state index in [2.05, 4.69) is 17.2 Å². The van der Waals surface area contributed by atoms with Gasteiger partial charge in [-0.05, 0) is 49.6 Å². The van der Waals surface area contributed by atoms with Crippen molar-refractivity contribution in [2.45, 2.75) is 33.6 Å². The quantitative estimate of drug-likeness (QED) is 0.599. The third-order valence-corrected chi connectivity index (χ3v) is 5.60. The molecule has 0 unspecified atom stereocenters. The summed E-state index contributed by atoms with van der Waals surface area (Å²) >= 11 is 1.50. The van der Waals surface area contributed by atoms with Crippen molar-refractivity contribution in [1.82, 2.24) is 9.97 Å². The zero-order valence-corrected chi connectivity index (χ0v) is 17.3. The van der Waals surface area contributed by atoms with E-state index in [0.717, 1.165) is 50.2 Å². The number of nitrogens with zero attached hydrogens (tertiary/aromatic N) is 2. The van der Waals surface area contributed by atoms with Crippen LogP contribution in [0, 0.1) is 13.8 Å². The lowest BCUT2D eigenvalue weighted by molar-refractivity contribution is -0.139. The van der Waals surface area contributed by atoms with Crippen LogP contribution in [-0.2, 0) is 22.4 Å². The van der Waals surface area contributed by atoms with Crippen molar-refractivity contribution in [1.29, 1.82) is 0 Å². The summed E-state index contributed by atoms with van der Waals surface area (Å²) in [5, 5.41) is 4.18. The highest BCUT2D eigenvalue weighted by Gasteiger charge is 2.14. The highest BCUT2D eigenvalue weighted by Crippen LogP contribution is 2.33. The van der Waals surface area contributed by atoms with Crippen LogP contribution in [0.1, 0.15) is 29.3 Å². The van der Waals surface area contributed by atoms with Gasteiger partial charge in [0.05, 0.1) is 23.4 Å². The highest BCUT2D eigenvalue weighted by molar-refractivity contribution is 7.19. The number of ether oxygens (including phenoxy) is 1. The lowest BCUT2D eigenvalue weighted by Crippen LogP contribution is -2.06. The minimum absolute atomic E-state index is 0.254. The summed E-state index contributed by atoms with van der Waals surface area (Å²) in [5.41, 5.74) is 10.9. The third kappa shape index (κ3) is 4.31. The largest absolute Gasteiger partial charge is 0.469 e. The molecule has 0 amide bonds. The predicted octanol–water partition coefficient (Wildman–Crippen LogP) is 4.43. The average molecular weight is 397 g/mol. The number of nitrogens with two attached hydrogens (primary N) is 1. The van der Waals surface area contributed by atoms with Crippen molar-refractivity contribution >= 4 is 33.8 Å². The summed E-state index contributed by atoms with van der Waals surface area (Å²) in [6, 6.07) is 9.70. The zero-order chi connectivity index (χ0) is 20.3. The van der Waals surface area contributed by atoms with Gasteiger partial charge in [0.2, 0.25) is 0 Å². The summed E-state index contributed by atoms with van der Waals surface area (Å²) in [5.74, 6) is 1.20. The normalized spacial score (nSPS) is 10.7. The van der Waals surface area contributed by atoms with Gasteiger partial charge < -0.3 is 15.8 Å². The number of rotatable bonds is 6. The fourth-order valence-corrected chi connectivity index (χ4v) is 3.80. The Morgan fingerprint density at radius 2 is 1.93 bits per heavy atom. The molecule has 3 N–H and O–H groups in total. The molecule has 2 heterocycles. The maximum absolute atomic E-state index is 11.4. The van der Waals surface area contributed by atoms with Gasteiger partial charge in [0.25, 0.3) is 0 Å². The molecule has 0 saturated heterocycles. The Hall–Kier alpha value is -2.93. The number of nitrogens with one attached hydrogen (secondary N) is 1. The number of methoxy groups -OCH3 is 1. The minimum atomic E-state index is -0.254. The highest BCUT2D eigenvalue weighted by atomic mass is 32.1. The van der Waals surface area contributed by atoms with Gasteiger partial charge in [-0.3, -0.25) is 4.79 Å². The fourth-order valence-electron chi connectivity index (χ4n) is 2.92. The predicted molar refractivity (Wildman–Crippen MR) is 114 cm³/mol. The van der Waals surface area contributed by atoms with Crippen LogP contribution in [0.25, 0.3) is 10.7 Å². The van der Waals surface area contributed by atoms with Crippen molar-refractivity contribution < 1.29 is 9.53 Å². The summed E-state index contributed by atoms with van der Waals surface area (Å²) < 4.78 is 4.71. The topological polar surface area (TPSA) is 90.1 Å². The first-order valence-corrected chi connectivity index (χ1v) is 9.89. The number of thiophene rings is 1. The van der Waals surface area contributed by atoms with Crippen LogP contribution in [0.4, 0.5) is 16.5 Å². The maximum atomic E-state index is 11.4.